The highest BCUT2D eigenvalue weighted by molar-refractivity contribution is 5.94. The van der Waals surface area contributed by atoms with Crippen molar-refractivity contribution in [3.63, 3.8) is 0 Å². The monoisotopic (exact) mass is 283 g/mol. The first kappa shape index (κ1) is 15.8. The summed E-state index contributed by atoms with van der Waals surface area (Å²) < 4.78 is 0. The molecule has 2 rings (SSSR count). The van der Waals surface area contributed by atoms with Crippen LogP contribution in [0.15, 0.2) is 24.3 Å². The summed E-state index contributed by atoms with van der Waals surface area (Å²) in [6.07, 6.45) is 2.24. The molecule has 1 aliphatic heterocycles. The van der Waals surface area contributed by atoms with Gasteiger partial charge in [0.05, 0.1) is 0 Å². The molecule has 2 N–H and O–H groups in total. The molecule has 0 radical (unpaired) electrons. The van der Waals surface area contributed by atoms with Crippen molar-refractivity contribution >= 4 is 24.0 Å². The summed E-state index contributed by atoms with van der Waals surface area (Å²) in [4.78, 5) is 16.5. The number of hydrogen-bond donors (Lipinski definition) is 1. The molecule has 0 saturated carbocycles. The van der Waals surface area contributed by atoms with Gasteiger partial charge in [0.2, 0.25) is 0 Å². The van der Waals surface area contributed by atoms with E-state index in [1.807, 2.05) is 4.90 Å². The van der Waals surface area contributed by atoms with Crippen LogP contribution in [0, 0.1) is 0 Å². The number of likely N-dealkylation sites (tertiary alicyclic amines) is 1. The normalized spacial score (nSPS) is 19.1. The fourth-order valence-corrected chi connectivity index (χ4v) is 2.37. The molecule has 1 aliphatic rings. The van der Waals surface area contributed by atoms with E-state index in [-0.39, 0.29) is 18.3 Å². The number of carbonyl (C=O) groups is 1. The van der Waals surface area contributed by atoms with E-state index in [9.17, 15) is 4.79 Å². The van der Waals surface area contributed by atoms with Gasteiger partial charge in [-0.2, -0.15) is 0 Å². The number of anilines is 1. The van der Waals surface area contributed by atoms with Gasteiger partial charge >= 0.3 is 0 Å². The molecule has 1 fully saturated rings. The van der Waals surface area contributed by atoms with Gasteiger partial charge in [-0.3, -0.25) is 4.79 Å². The second-order valence-electron chi connectivity index (χ2n) is 5.13. The Balaban J connectivity index is 0.00000180. The van der Waals surface area contributed by atoms with Gasteiger partial charge in [0.25, 0.3) is 5.91 Å². The zero-order valence-electron chi connectivity index (χ0n) is 11.5. The Labute approximate surface area is 121 Å². The lowest BCUT2D eigenvalue weighted by molar-refractivity contribution is 0.0635. The lowest BCUT2D eigenvalue weighted by atomic mass is 10.0. The van der Waals surface area contributed by atoms with E-state index in [1.54, 1.807) is 24.3 Å². The van der Waals surface area contributed by atoms with Crippen LogP contribution in [0.25, 0.3) is 0 Å². The summed E-state index contributed by atoms with van der Waals surface area (Å²) in [7, 11) is 4.14. The minimum atomic E-state index is 0. The van der Waals surface area contributed by atoms with Crippen LogP contribution in [0.3, 0.4) is 0 Å². The third-order valence-electron chi connectivity index (χ3n) is 3.57. The average molecular weight is 284 g/mol. The first-order chi connectivity index (χ1) is 8.58. The molecule has 1 aromatic carbocycles. The van der Waals surface area contributed by atoms with Gasteiger partial charge in [-0.15, -0.1) is 12.4 Å². The highest BCUT2D eigenvalue weighted by Gasteiger charge is 2.25. The first-order valence-electron chi connectivity index (χ1n) is 6.39. The maximum absolute atomic E-state index is 12.3. The van der Waals surface area contributed by atoms with Gasteiger partial charge in [0.1, 0.15) is 0 Å². The SMILES string of the molecule is CN(C)C1CCCN(C(=O)c2ccc(N)cc2)C1.Cl. The number of hydrogen-bond acceptors (Lipinski definition) is 3. The van der Waals surface area contributed by atoms with Crippen LogP contribution in [0.5, 0.6) is 0 Å². The molecule has 1 atom stereocenters. The third-order valence-corrected chi connectivity index (χ3v) is 3.57. The molecule has 1 aromatic rings. The number of nitrogens with zero attached hydrogens (tertiary/aromatic N) is 2. The molecule has 1 heterocycles. The minimum absolute atomic E-state index is 0. The fourth-order valence-electron chi connectivity index (χ4n) is 2.37. The largest absolute Gasteiger partial charge is 0.399 e. The number of piperidine rings is 1. The van der Waals surface area contributed by atoms with Crippen molar-refractivity contribution in [2.75, 3.05) is 32.9 Å². The van der Waals surface area contributed by atoms with E-state index in [0.29, 0.717) is 11.7 Å². The van der Waals surface area contributed by atoms with E-state index in [0.717, 1.165) is 25.1 Å². The van der Waals surface area contributed by atoms with Gasteiger partial charge in [0, 0.05) is 30.4 Å². The van der Waals surface area contributed by atoms with Gasteiger partial charge in [0.15, 0.2) is 0 Å². The van der Waals surface area contributed by atoms with Crippen molar-refractivity contribution in [1.82, 2.24) is 9.80 Å². The molecule has 5 heteroatoms. The Morgan fingerprint density at radius 2 is 1.95 bits per heavy atom. The minimum Gasteiger partial charge on any atom is -0.399 e. The predicted molar refractivity (Wildman–Crippen MR) is 80.7 cm³/mol. The Bertz CT molecular complexity index is 419. The zero-order chi connectivity index (χ0) is 13.1. The molecule has 19 heavy (non-hydrogen) atoms. The van der Waals surface area contributed by atoms with Crippen molar-refractivity contribution in [2.45, 2.75) is 18.9 Å². The number of nitrogen functional groups attached to an aromatic ring is 1. The highest BCUT2D eigenvalue weighted by Crippen LogP contribution is 2.17. The molecule has 4 nitrogen and oxygen atoms in total. The van der Waals surface area contributed by atoms with Crippen LogP contribution in [-0.4, -0.2) is 48.9 Å². The predicted octanol–water partition coefficient (Wildman–Crippen LogP) is 1.86. The summed E-state index contributed by atoms with van der Waals surface area (Å²) in [5.41, 5.74) is 7.05. The first-order valence-corrected chi connectivity index (χ1v) is 6.39. The molecule has 0 spiro atoms. The van der Waals surface area contributed by atoms with E-state index < -0.39 is 0 Å². The quantitative estimate of drug-likeness (QED) is 0.843. The summed E-state index contributed by atoms with van der Waals surface area (Å²) in [5, 5.41) is 0. The van der Waals surface area contributed by atoms with E-state index in [2.05, 4.69) is 19.0 Å². The van der Waals surface area contributed by atoms with E-state index >= 15 is 0 Å². The van der Waals surface area contributed by atoms with Crippen LogP contribution >= 0.6 is 12.4 Å². The lowest BCUT2D eigenvalue weighted by Gasteiger charge is -2.36. The number of carbonyl (C=O) groups excluding carboxylic acids is 1. The number of halogens is 1. The van der Waals surface area contributed by atoms with Crippen LogP contribution < -0.4 is 5.73 Å². The lowest BCUT2D eigenvalue weighted by Crippen LogP contribution is -2.47. The van der Waals surface area contributed by atoms with E-state index in [1.165, 1.54) is 6.42 Å². The maximum atomic E-state index is 12.3. The van der Waals surface area contributed by atoms with Crippen molar-refractivity contribution < 1.29 is 4.79 Å². The second kappa shape index (κ2) is 6.78. The zero-order valence-corrected chi connectivity index (χ0v) is 12.3. The van der Waals surface area contributed by atoms with Gasteiger partial charge < -0.3 is 15.5 Å². The molecule has 0 aromatic heterocycles. The number of benzene rings is 1. The van der Waals surface area contributed by atoms with Crippen molar-refractivity contribution in [3.8, 4) is 0 Å². The van der Waals surface area contributed by atoms with Crippen LogP contribution in [0.4, 0.5) is 5.69 Å². The van der Waals surface area contributed by atoms with Crippen LogP contribution in [-0.2, 0) is 0 Å². The van der Waals surface area contributed by atoms with Crippen LogP contribution in [0.2, 0.25) is 0 Å². The summed E-state index contributed by atoms with van der Waals surface area (Å²) in [6, 6.07) is 7.63. The standard InChI is InChI=1S/C14H21N3O.ClH/c1-16(2)13-4-3-9-17(10-13)14(18)11-5-7-12(15)8-6-11;/h5-8,13H,3-4,9-10,15H2,1-2H3;1H. The van der Waals surface area contributed by atoms with Crippen LogP contribution in [0.1, 0.15) is 23.2 Å². The third kappa shape index (κ3) is 3.85. The molecular weight excluding hydrogens is 262 g/mol. The molecule has 106 valence electrons. The number of likely N-dealkylation sites (N-methyl/N-ethyl adjacent to an activating group) is 1. The highest BCUT2D eigenvalue weighted by atomic mass is 35.5. The van der Waals surface area contributed by atoms with Gasteiger partial charge in [-0.1, -0.05) is 0 Å². The van der Waals surface area contributed by atoms with Crippen molar-refractivity contribution in [2.24, 2.45) is 0 Å². The Kier molecular flexibility index (Phi) is 5.63. The number of amides is 1. The second-order valence-corrected chi connectivity index (χ2v) is 5.13. The molecule has 0 aliphatic carbocycles. The summed E-state index contributed by atoms with van der Waals surface area (Å²) in [5.74, 6) is 0.113. The summed E-state index contributed by atoms with van der Waals surface area (Å²) >= 11 is 0. The van der Waals surface area contributed by atoms with Crippen molar-refractivity contribution in [1.29, 1.82) is 0 Å². The Morgan fingerprint density at radius 3 is 2.53 bits per heavy atom. The molecule has 1 amide bonds. The van der Waals surface area contributed by atoms with Gasteiger partial charge in [-0.05, 0) is 51.2 Å². The smallest absolute Gasteiger partial charge is 0.253 e. The van der Waals surface area contributed by atoms with Crippen molar-refractivity contribution in [3.05, 3.63) is 29.8 Å². The molecular formula is C14H22ClN3O. The Morgan fingerprint density at radius 1 is 1.32 bits per heavy atom. The summed E-state index contributed by atoms with van der Waals surface area (Å²) in [6.45, 7) is 1.67. The molecule has 0 bridgehead atoms. The molecule has 1 unspecified atom stereocenters. The topological polar surface area (TPSA) is 49.6 Å². The van der Waals surface area contributed by atoms with Gasteiger partial charge in [-0.25, -0.2) is 0 Å². The number of nitrogens with two attached hydrogens (primary N) is 1. The number of rotatable bonds is 2. The average Bonchev–Trinajstić information content (AvgIpc) is 2.39. The fraction of sp³-hybridized carbons (Fsp3) is 0.500. The maximum Gasteiger partial charge on any atom is 0.253 e. The molecule has 1 saturated heterocycles. The Hall–Kier alpha value is -1.26. The van der Waals surface area contributed by atoms with E-state index in [4.69, 9.17) is 5.73 Å².